The van der Waals surface area contributed by atoms with Crippen LogP contribution >= 0.6 is 11.6 Å². The summed E-state index contributed by atoms with van der Waals surface area (Å²) in [6.07, 6.45) is 2.69. The van der Waals surface area contributed by atoms with Crippen LogP contribution in [-0.4, -0.2) is 60.1 Å². The van der Waals surface area contributed by atoms with Crippen LogP contribution in [0.15, 0.2) is 12.4 Å². The van der Waals surface area contributed by atoms with Crippen molar-refractivity contribution in [2.24, 2.45) is 0 Å². The molecule has 0 bridgehead atoms. The van der Waals surface area contributed by atoms with Crippen LogP contribution in [0.3, 0.4) is 0 Å². The monoisotopic (exact) mass is 353 g/mol. The van der Waals surface area contributed by atoms with Crippen LogP contribution in [0.1, 0.15) is 27.2 Å². The molecule has 0 saturated carbocycles. The number of halogens is 1. The van der Waals surface area contributed by atoms with Crippen LogP contribution in [0.25, 0.3) is 11.0 Å². The zero-order valence-corrected chi connectivity index (χ0v) is 14.6. The highest BCUT2D eigenvalue weighted by Gasteiger charge is 2.37. The summed E-state index contributed by atoms with van der Waals surface area (Å²) >= 11 is 5.85. The Hall–Kier alpha value is -1.93. The molecule has 0 radical (unpaired) electrons. The van der Waals surface area contributed by atoms with Gasteiger partial charge in [0.1, 0.15) is 5.60 Å². The zero-order valence-electron chi connectivity index (χ0n) is 13.8. The van der Waals surface area contributed by atoms with E-state index in [1.807, 2.05) is 20.8 Å². The number of carbonyl (C=O) groups excluding carboxylic acids is 1. The first-order chi connectivity index (χ1) is 11.2. The summed E-state index contributed by atoms with van der Waals surface area (Å²) in [7, 11) is 0. The van der Waals surface area contributed by atoms with E-state index in [1.165, 1.54) is 0 Å². The van der Waals surface area contributed by atoms with Gasteiger partial charge in [0.15, 0.2) is 5.65 Å². The Labute approximate surface area is 144 Å². The summed E-state index contributed by atoms with van der Waals surface area (Å²) < 4.78 is 7.10. The van der Waals surface area contributed by atoms with Gasteiger partial charge in [0, 0.05) is 6.20 Å². The van der Waals surface area contributed by atoms with Crippen LogP contribution in [0, 0.1) is 0 Å². The van der Waals surface area contributed by atoms with E-state index < -0.39 is 17.8 Å². The van der Waals surface area contributed by atoms with E-state index in [4.69, 9.17) is 16.3 Å². The van der Waals surface area contributed by atoms with Gasteiger partial charge >= 0.3 is 6.09 Å². The maximum Gasteiger partial charge on any atom is 0.410 e. The number of fused-ring (bicyclic) bond motifs is 1. The first-order valence-corrected chi connectivity index (χ1v) is 8.12. The molecule has 24 heavy (non-hydrogen) atoms. The van der Waals surface area contributed by atoms with Crippen LogP contribution < -0.4 is 0 Å². The Balaban J connectivity index is 1.81. The van der Waals surface area contributed by atoms with Gasteiger partial charge < -0.3 is 14.7 Å². The lowest BCUT2D eigenvalue weighted by molar-refractivity contribution is 0.0195. The predicted octanol–water partition coefficient (Wildman–Crippen LogP) is 1.85. The van der Waals surface area contributed by atoms with Crippen molar-refractivity contribution in [1.29, 1.82) is 0 Å². The summed E-state index contributed by atoms with van der Waals surface area (Å²) in [6, 6.07) is -0.230. The quantitative estimate of drug-likeness (QED) is 0.828. The molecule has 130 valence electrons. The van der Waals surface area contributed by atoms with Gasteiger partial charge in [0.2, 0.25) is 5.28 Å². The predicted molar refractivity (Wildman–Crippen MR) is 87.7 cm³/mol. The summed E-state index contributed by atoms with van der Waals surface area (Å²) in [5.41, 5.74) is 0.00875. The lowest BCUT2D eigenvalue weighted by atomic mass is 10.2. The third-order valence-electron chi connectivity index (χ3n) is 3.75. The molecule has 1 N–H and O–H groups in total. The molecule has 1 saturated heterocycles. The lowest BCUT2D eigenvalue weighted by Gasteiger charge is -2.28. The van der Waals surface area contributed by atoms with E-state index in [0.29, 0.717) is 18.6 Å². The average molecular weight is 354 g/mol. The summed E-state index contributed by atoms with van der Waals surface area (Å²) in [5.74, 6) is 0. The smallest absolute Gasteiger partial charge is 0.410 e. The largest absolute Gasteiger partial charge is 0.444 e. The molecule has 1 fully saturated rings. The molecule has 2 atom stereocenters. The molecule has 0 aromatic carbocycles. The molecule has 3 heterocycles. The molecule has 1 aliphatic heterocycles. The van der Waals surface area contributed by atoms with Crippen LogP contribution in [0.5, 0.6) is 0 Å². The number of hydrogen-bond acceptors (Lipinski definition) is 6. The standard InChI is InChI=1S/C15H20ClN5O3/c1-15(2,3)24-14(23)20-8-11(22)4-10(20)7-21-12-9(6-18-21)5-17-13(16)19-12/h5-6,10-11,22H,4,7-8H2,1-3H3/t10-,11+/m0/s1. The summed E-state index contributed by atoms with van der Waals surface area (Å²) in [5, 5.41) is 15.2. The number of nitrogens with zero attached hydrogens (tertiary/aromatic N) is 5. The molecular weight excluding hydrogens is 334 g/mol. The van der Waals surface area contributed by atoms with Crippen LogP contribution in [-0.2, 0) is 11.3 Å². The number of amides is 1. The fourth-order valence-electron chi connectivity index (χ4n) is 2.79. The summed E-state index contributed by atoms with van der Waals surface area (Å²) in [6.45, 7) is 6.08. The van der Waals surface area contributed by atoms with Crippen molar-refractivity contribution >= 4 is 28.7 Å². The van der Waals surface area contributed by atoms with Crippen LogP contribution in [0.4, 0.5) is 4.79 Å². The Morgan fingerprint density at radius 2 is 2.21 bits per heavy atom. The highest BCUT2D eigenvalue weighted by atomic mass is 35.5. The molecule has 2 aromatic heterocycles. The van der Waals surface area contributed by atoms with Gasteiger partial charge in [-0.25, -0.2) is 14.5 Å². The normalized spacial score (nSPS) is 21.5. The minimum absolute atomic E-state index is 0.139. The van der Waals surface area contributed by atoms with Crippen molar-refractivity contribution in [3.05, 3.63) is 17.7 Å². The van der Waals surface area contributed by atoms with Crippen molar-refractivity contribution in [2.45, 2.75) is 51.5 Å². The van der Waals surface area contributed by atoms with Gasteiger partial charge in [0.25, 0.3) is 0 Å². The van der Waals surface area contributed by atoms with E-state index >= 15 is 0 Å². The van der Waals surface area contributed by atoms with Crippen molar-refractivity contribution in [1.82, 2.24) is 24.6 Å². The van der Waals surface area contributed by atoms with E-state index in [1.54, 1.807) is 22.0 Å². The Morgan fingerprint density at radius 1 is 1.46 bits per heavy atom. The van der Waals surface area contributed by atoms with Gasteiger partial charge in [-0.3, -0.25) is 0 Å². The van der Waals surface area contributed by atoms with Gasteiger partial charge in [-0.05, 0) is 38.8 Å². The molecule has 0 aliphatic carbocycles. The SMILES string of the molecule is CC(C)(C)OC(=O)N1C[C@H](O)C[C@H]1Cn1ncc2cnc(Cl)nc21. The van der Waals surface area contributed by atoms with E-state index in [-0.39, 0.29) is 17.9 Å². The number of hydrogen-bond donors (Lipinski definition) is 1. The number of β-amino-alcohol motifs (C(OH)–C–C–N with tert-alkyl or cyclic N) is 1. The third kappa shape index (κ3) is 3.59. The highest BCUT2D eigenvalue weighted by molar-refractivity contribution is 6.28. The molecule has 2 aromatic rings. The second-order valence-corrected chi connectivity index (χ2v) is 7.26. The molecule has 3 rings (SSSR count). The number of rotatable bonds is 2. The maximum atomic E-state index is 12.4. The number of aromatic nitrogens is 4. The van der Waals surface area contributed by atoms with Gasteiger partial charge in [-0.1, -0.05) is 0 Å². The first kappa shape index (κ1) is 16.9. The van der Waals surface area contributed by atoms with Gasteiger partial charge in [-0.15, -0.1) is 0 Å². The molecule has 8 nitrogen and oxygen atoms in total. The molecule has 0 unspecified atom stereocenters. The number of carbonyl (C=O) groups is 1. The van der Waals surface area contributed by atoms with E-state index in [9.17, 15) is 9.90 Å². The molecule has 9 heteroatoms. The van der Waals surface area contributed by atoms with Crippen molar-refractivity contribution in [3.8, 4) is 0 Å². The lowest BCUT2D eigenvalue weighted by Crippen LogP contribution is -2.42. The first-order valence-electron chi connectivity index (χ1n) is 7.74. The highest BCUT2D eigenvalue weighted by Crippen LogP contribution is 2.23. The minimum atomic E-state index is -0.589. The van der Waals surface area contributed by atoms with Crippen molar-refractivity contribution in [2.75, 3.05) is 6.54 Å². The Kier molecular flexibility index (Phi) is 4.35. The Morgan fingerprint density at radius 3 is 2.92 bits per heavy atom. The third-order valence-corrected chi connectivity index (χ3v) is 3.93. The molecular formula is C15H20ClN5O3. The van der Waals surface area contributed by atoms with Crippen molar-refractivity contribution < 1.29 is 14.6 Å². The average Bonchev–Trinajstić information content (AvgIpc) is 3.01. The fourth-order valence-corrected chi connectivity index (χ4v) is 2.92. The second kappa shape index (κ2) is 6.18. The van der Waals surface area contributed by atoms with Crippen molar-refractivity contribution in [3.63, 3.8) is 0 Å². The maximum absolute atomic E-state index is 12.4. The number of ether oxygens (including phenoxy) is 1. The number of aliphatic hydroxyl groups excluding tert-OH is 1. The van der Waals surface area contributed by atoms with E-state index in [2.05, 4.69) is 15.1 Å². The zero-order chi connectivity index (χ0) is 17.5. The number of aliphatic hydroxyl groups is 1. The topological polar surface area (TPSA) is 93.4 Å². The number of likely N-dealkylation sites (tertiary alicyclic amines) is 1. The molecule has 1 aliphatic rings. The van der Waals surface area contributed by atoms with Crippen LogP contribution in [0.2, 0.25) is 5.28 Å². The summed E-state index contributed by atoms with van der Waals surface area (Å²) in [4.78, 5) is 22.0. The van der Waals surface area contributed by atoms with Gasteiger partial charge in [0.05, 0.1) is 36.8 Å². The fraction of sp³-hybridized carbons (Fsp3) is 0.600. The Bertz CT molecular complexity index is 757. The van der Waals surface area contributed by atoms with Gasteiger partial charge in [-0.2, -0.15) is 10.1 Å². The molecule has 0 spiro atoms. The minimum Gasteiger partial charge on any atom is -0.444 e. The second-order valence-electron chi connectivity index (χ2n) is 6.92. The van der Waals surface area contributed by atoms with E-state index in [0.717, 1.165) is 5.39 Å². The molecule has 1 amide bonds.